The molecule has 1 N–H and O–H groups in total. The van der Waals surface area contributed by atoms with Crippen LogP contribution < -0.4 is 15.0 Å². The number of halogens is 5. The van der Waals surface area contributed by atoms with E-state index in [0.717, 1.165) is 31.4 Å². The molecule has 1 aromatic carbocycles. The van der Waals surface area contributed by atoms with Crippen LogP contribution in [0.1, 0.15) is 49.4 Å². The molecular formula is C25H30F5N3O4. The van der Waals surface area contributed by atoms with Gasteiger partial charge >= 0.3 is 6.18 Å². The van der Waals surface area contributed by atoms with E-state index in [1.54, 1.807) is 4.90 Å². The van der Waals surface area contributed by atoms with Crippen LogP contribution >= 0.6 is 0 Å². The summed E-state index contributed by atoms with van der Waals surface area (Å²) in [6.07, 6.45) is -3.87. The van der Waals surface area contributed by atoms with Crippen LogP contribution in [0.4, 0.5) is 33.7 Å². The van der Waals surface area contributed by atoms with Crippen molar-refractivity contribution >= 4 is 17.6 Å². The monoisotopic (exact) mass is 531 g/mol. The van der Waals surface area contributed by atoms with Crippen molar-refractivity contribution in [2.75, 3.05) is 37.0 Å². The van der Waals surface area contributed by atoms with E-state index in [1.807, 2.05) is 13.8 Å². The first-order valence-corrected chi connectivity index (χ1v) is 12.2. The number of ether oxygens (including phenoxy) is 2. The highest BCUT2D eigenvalue weighted by Gasteiger charge is 2.47. The van der Waals surface area contributed by atoms with Crippen molar-refractivity contribution in [3.8, 4) is 5.75 Å². The molecule has 2 fully saturated rings. The second-order valence-corrected chi connectivity index (χ2v) is 10.1. The first-order valence-electron chi connectivity index (χ1n) is 12.2. The van der Waals surface area contributed by atoms with Crippen LogP contribution in [0.3, 0.4) is 0 Å². The Balaban J connectivity index is 1.54. The lowest BCUT2D eigenvalue weighted by atomic mass is 10.2. The summed E-state index contributed by atoms with van der Waals surface area (Å²) < 4.78 is 84.9. The van der Waals surface area contributed by atoms with Crippen LogP contribution in [0.15, 0.2) is 16.5 Å². The van der Waals surface area contributed by atoms with Crippen molar-refractivity contribution in [1.82, 2.24) is 4.98 Å². The van der Waals surface area contributed by atoms with E-state index in [0.29, 0.717) is 18.4 Å². The number of nitrogens with zero attached hydrogens (tertiary/aromatic N) is 2. The third-order valence-electron chi connectivity index (χ3n) is 6.42. The molecular weight excluding hydrogens is 501 g/mol. The summed E-state index contributed by atoms with van der Waals surface area (Å²) in [6, 6.07) is 1.55. The molecule has 0 radical (unpaired) electrons. The zero-order chi connectivity index (χ0) is 26.9. The van der Waals surface area contributed by atoms with Gasteiger partial charge in [-0.1, -0.05) is 13.8 Å². The van der Waals surface area contributed by atoms with E-state index in [2.05, 4.69) is 10.3 Å². The Labute approximate surface area is 211 Å². The Hall–Kier alpha value is -2.89. The molecule has 1 heterocycles. The first kappa shape index (κ1) is 27.2. The van der Waals surface area contributed by atoms with E-state index in [-0.39, 0.29) is 36.9 Å². The molecule has 3 atom stereocenters. The van der Waals surface area contributed by atoms with E-state index < -0.39 is 47.3 Å². The highest BCUT2D eigenvalue weighted by atomic mass is 19.4. The van der Waals surface area contributed by atoms with Crippen LogP contribution in [-0.4, -0.2) is 50.0 Å². The SMILES string of the molecule is COCCN(CC(C)C)c1nc(C(=O)Nc2cc(F)c(OC3C[C@@H]4C[C@@H]4C3)c(F)c2)c(CC(F)(F)F)o1. The van der Waals surface area contributed by atoms with Gasteiger partial charge < -0.3 is 24.1 Å². The van der Waals surface area contributed by atoms with Crippen LogP contribution in [0.5, 0.6) is 5.75 Å². The third-order valence-corrected chi connectivity index (χ3v) is 6.42. The van der Waals surface area contributed by atoms with Gasteiger partial charge in [0.05, 0.1) is 12.7 Å². The lowest BCUT2D eigenvalue weighted by Crippen LogP contribution is -2.31. The van der Waals surface area contributed by atoms with E-state index in [4.69, 9.17) is 13.9 Å². The van der Waals surface area contributed by atoms with Gasteiger partial charge in [0.25, 0.3) is 11.9 Å². The quantitative estimate of drug-likeness (QED) is 0.381. The highest BCUT2D eigenvalue weighted by molar-refractivity contribution is 6.03. The molecule has 37 heavy (non-hydrogen) atoms. The second kappa shape index (κ2) is 10.8. The number of carbonyl (C=O) groups is 1. The number of oxazole rings is 1. The number of aromatic nitrogens is 1. The molecule has 2 aromatic rings. The molecule has 2 aliphatic rings. The number of amides is 1. The number of methoxy groups -OCH3 is 1. The van der Waals surface area contributed by atoms with Gasteiger partial charge in [-0.2, -0.15) is 18.2 Å². The molecule has 0 spiro atoms. The summed E-state index contributed by atoms with van der Waals surface area (Å²) in [5.74, 6) is -3.15. The van der Waals surface area contributed by atoms with Crippen LogP contribution in [0, 0.1) is 29.4 Å². The maximum atomic E-state index is 14.7. The molecule has 0 aliphatic heterocycles. The van der Waals surface area contributed by atoms with Crippen molar-refractivity contribution in [1.29, 1.82) is 0 Å². The molecule has 1 unspecified atom stereocenters. The molecule has 12 heteroatoms. The van der Waals surface area contributed by atoms with Gasteiger partial charge in [-0.05, 0) is 37.0 Å². The number of hydrogen-bond donors (Lipinski definition) is 1. The van der Waals surface area contributed by atoms with E-state index in [9.17, 15) is 26.7 Å². The maximum absolute atomic E-state index is 14.7. The third kappa shape index (κ3) is 6.91. The fraction of sp³-hybridized carbons (Fsp3) is 0.600. The Morgan fingerprint density at radius 2 is 1.84 bits per heavy atom. The smallest absolute Gasteiger partial charge is 0.396 e. The number of carbonyl (C=O) groups excluding carboxylic acids is 1. The Kier molecular flexibility index (Phi) is 7.96. The Bertz CT molecular complexity index is 1090. The van der Waals surface area contributed by atoms with Gasteiger partial charge in [-0.25, -0.2) is 8.78 Å². The highest BCUT2D eigenvalue weighted by Crippen LogP contribution is 2.52. The van der Waals surface area contributed by atoms with Crippen molar-refractivity contribution in [2.45, 2.75) is 51.8 Å². The summed E-state index contributed by atoms with van der Waals surface area (Å²) in [6.45, 7) is 4.71. The summed E-state index contributed by atoms with van der Waals surface area (Å²) >= 11 is 0. The molecule has 2 saturated carbocycles. The molecule has 2 aliphatic carbocycles. The number of alkyl halides is 3. The largest absolute Gasteiger partial charge is 0.484 e. The molecule has 7 nitrogen and oxygen atoms in total. The predicted molar refractivity (Wildman–Crippen MR) is 125 cm³/mol. The van der Waals surface area contributed by atoms with Crippen molar-refractivity contribution in [3.63, 3.8) is 0 Å². The van der Waals surface area contributed by atoms with Crippen molar-refractivity contribution < 1.29 is 40.6 Å². The molecule has 4 rings (SSSR count). The molecule has 0 bridgehead atoms. The van der Waals surface area contributed by atoms with Crippen LogP contribution in [0.25, 0.3) is 0 Å². The Morgan fingerprint density at radius 3 is 2.41 bits per heavy atom. The number of rotatable bonds is 11. The van der Waals surface area contributed by atoms with Gasteiger partial charge in [0.15, 0.2) is 23.1 Å². The van der Waals surface area contributed by atoms with Gasteiger partial charge in [0.2, 0.25) is 0 Å². The van der Waals surface area contributed by atoms with Crippen molar-refractivity contribution in [2.24, 2.45) is 17.8 Å². The fourth-order valence-corrected chi connectivity index (χ4v) is 4.72. The zero-order valence-electron chi connectivity index (χ0n) is 20.8. The summed E-state index contributed by atoms with van der Waals surface area (Å²) in [5, 5.41) is 2.23. The van der Waals surface area contributed by atoms with Gasteiger partial charge in [0.1, 0.15) is 12.2 Å². The normalized spacial score (nSPS) is 20.7. The average molecular weight is 532 g/mol. The van der Waals surface area contributed by atoms with Crippen molar-refractivity contribution in [3.05, 3.63) is 35.2 Å². The fourth-order valence-electron chi connectivity index (χ4n) is 4.72. The van der Waals surface area contributed by atoms with Gasteiger partial charge in [-0.3, -0.25) is 4.79 Å². The predicted octanol–water partition coefficient (Wildman–Crippen LogP) is 5.60. The van der Waals surface area contributed by atoms with Crippen LogP contribution in [-0.2, 0) is 11.2 Å². The maximum Gasteiger partial charge on any atom is 0.396 e. The van der Waals surface area contributed by atoms with Gasteiger partial charge in [0, 0.05) is 38.0 Å². The minimum Gasteiger partial charge on any atom is -0.484 e. The minimum atomic E-state index is -4.68. The first-order chi connectivity index (χ1) is 17.4. The lowest BCUT2D eigenvalue weighted by molar-refractivity contribution is -0.130. The number of nitrogens with one attached hydrogen (secondary N) is 1. The van der Waals surface area contributed by atoms with Gasteiger partial charge in [-0.15, -0.1) is 0 Å². The number of anilines is 2. The average Bonchev–Trinajstić information content (AvgIpc) is 3.19. The Morgan fingerprint density at radius 1 is 1.19 bits per heavy atom. The summed E-state index contributed by atoms with van der Waals surface area (Å²) in [5.41, 5.74) is -0.910. The minimum absolute atomic E-state index is 0.105. The summed E-state index contributed by atoms with van der Waals surface area (Å²) in [7, 11) is 1.47. The molecule has 1 amide bonds. The lowest BCUT2D eigenvalue weighted by Gasteiger charge is -2.22. The zero-order valence-corrected chi connectivity index (χ0v) is 20.8. The summed E-state index contributed by atoms with van der Waals surface area (Å²) in [4.78, 5) is 18.5. The van der Waals surface area contributed by atoms with E-state index in [1.165, 1.54) is 7.11 Å². The number of fused-ring (bicyclic) bond motifs is 1. The number of hydrogen-bond acceptors (Lipinski definition) is 6. The standard InChI is InChI=1S/C25H30F5N3O4/c1-13(2)12-33(4-5-35-3)24-32-21(20(37-24)11-25(28,29)30)23(34)31-16-9-18(26)22(19(27)10-16)36-17-7-14-6-15(14)8-17/h9-10,13-15,17H,4-8,11-12H2,1-3H3,(H,31,34)/t14-,15+,17?. The molecule has 0 saturated heterocycles. The second-order valence-electron chi connectivity index (χ2n) is 10.1. The van der Waals surface area contributed by atoms with Crippen LogP contribution in [0.2, 0.25) is 0 Å². The topological polar surface area (TPSA) is 76.8 Å². The number of benzene rings is 1. The molecule has 204 valence electrons. The van der Waals surface area contributed by atoms with E-state index >= 15 is 0 Å². The molecule has 1 aromatic heterocycles.